The average molecular weight is 668 g/mol. The molecule has 14 heteroatoms. The number of ether oxygens (including phenoxy) is 1. The topological polar surface area (TPSA) is 136 Å². The molecule has 3 N–H and O–H groups in total. The average Bonchev–Trinajstić information content (AvgIpc) is 3.43. The third-order valence-electron chi connectivity index (χ3n) is 9.14. The number of aryl methyl sites for hydroxylation is 1. The molecule has 3 heterocycles. The molecule has 11 nitrogen and oxygen atoms in total. The number of nitrogens with one attached hydrogen (secondary N) is 1. The fourth-order valence-electron chi connectivity index (χ4n) is 6.50. The summed E-state index contributed by atoms with van der Waals surface area (Å²) in [5.74, 6) is -3.98. The Morgan fingerprint density at radius 3 is 2.47 bits per heavy atom. The van der Waals surface area contributed by atoms with Gasteiger partial charge in [0.1, 0.15) is 17.2 Å². The first-order chi connectivity index (χ1) is 22.3. The number of fused-ring (bicyclic) bond motifs is 1. The molecule has 2 aromatic carbocycles. The number of benzene rings is 2. The van der Waals surface area contributed by atoms with Gasteiger partial charge in [0.05, 0.1) is 23.7 Å². The Bertz CT molecular complexity index is 1860. The summed E-state index contributed by atoms with van der Waals surface area (Å²) in [6.07, 6.45) is 1.40. The van der Waals surface area contributed by atoms with Crippen LogP contribution >= 0.6 is 11.6 Å². The fourth-order valence-corrected chi connectivity index (χ4v) is 6.85. The number of carboxylic acids is 1. The Hall–Kier alpha value is -4.59. The number of aliphatic hydroxyl groups is 1. The molecule has 47 heavy (non-hydrogen) atoms. The number of likely N-dealkylation sites (N-methyl/N-ethyl adjacent to an activating group) is 1. The highest BCUT2D eigenvalue weighted by molar-refractivity contribution is 6.36. The van der Waals surface area contributed by atoms with Crippen molar-refractivity contribution in [2.24, 2.45) is 5.92 Å². The number of aliphatic hydroxyl groups excluding tert-OH is 1. The predicted molar refractivity (Wildman–Crippen MR) is 168 cm³/mol. The van der Waals surface area contributed by atoms with Crippen LogP contribution in [0.5, 0.6) is 5.88 Å². The molecular formula is C33H32ClF2N5O6. The summed E-state index contributed by atoms with van der Waals surface area (Å²) in [4.78, 5) is 46.2. The number of methoxy groups -OCH3 is 1. The molecule has 3 aliphatic rings. The minimum absolute atomic E-state index is 0.0448. The third-order valence-corrected chi connectivity index (χ3v) is 9.53. The van der Waals surface area contributed by atoms with Gasteiger partial charge >= 0.3 is 5.97 Å². The van der Waals surface area contributed by atoms with Gasteiger partial charge in [-0.2, -0.15) is 0 Å². The summed E-state index contributed by atoms with van der Waals surface area (Å²) < 4.78 is 36.8. The Kier molecular flexibility index (Phi) is 8.41. The summed E-state index contributed by atoms with van der Waals surface area (Å²) in [5.41, 5.74) is 2.16. The monoisotopic (exact) mass is 667 g/mol. The van der Waals surface area contributed by atoms with Crippen molar-refractivity contribution in [2.45, 2.75) is 32.2 Å². The zero-order valence-corrected chi connectivity index (χ0v) is 26.7. The van der Waals surface area contributed by atoms with Gasteiger partial charge in [-0.15, -0.1) is 0 Å². The van der Waals surface area contributed by atoms with Crippen LogP contribution in [0.2, 0.25) is 5.02 Å². The van der Waals surface area contributed by atoms with Crippen LogP contribution < -0.4 is 10.1 Å². The van der Waals surface area contributed by atoms with Gasteiger partial charge in [-0.25, -0.2) is 13.8 Å². The van der Waals surface area contributed by atoms with Gasteiger partial charge < -0.3 is 25.2 Å². The van der Waals surface area contributed by atoms with Crippen LogP contribution in [0.1, 0.15) is 29.2 Å². The van der Waals surface area contributed by atoms with E-state index in [1.54, 1.807) is 0 Å². The Morgan fingerprint density at radius 2 is 1.79 bits per heavy atom. The van der Waals surface area contributed by atoms with Crippen LogP contribution in [-0.2, 0) is 20.8 Å². The van der Waals surface area contributed by atoms with Crippen molar-refractivity contribution in [2.75, 3.05) is 39.6 Å². The SMILES string of the molecule is COc1nc(-c2ccc(F)c(-c3c(F)ccc(NC(=O)C4=CN(C)C(O)N(C)C4=O)c3C)c2Cl)cc2c1C(N1CC(C(=O)O)C1)CC2. The number of carboxylic acid groups (broad SMARTS) is 1. The normalized spacial score (nSPS) is 19.7. The fraction of sp³-hybridized carbons (Fsp3) is 0.333. The van der Waals surface area contributed by atoms with Crippen LogP contribution in [0.3, 0.4) is 0 Å². The van der Waals surface area contributed by atoms with Crippen molar-refractivity contribution in [3.8, 4) is 28.3 Å². The molecule has 1 fully saturated rings. The zero-order chi connectivity index (χ0) is 33.9. The number of hydrogen-bond donors (Lipinski definition) is 3. The van der Waals surface area contributed by atoms with Gasteiger partial charge in [0.15, 0.2) is 0 Å². The van der Waals surface area contributed by atoms with E-state index in [0.29, 0.717) is 36.6 Å². The number of halogens is 3. The van der Waals surface area contributed by atoms with E-state index >= 15 is 8.78 Å². The number of pyridine rings is 1. The second kappa shape index (κ2) is 12.2. The van der Waals surface area contributed by atoms with E-state index in [1.807, 2.05) is 6.07 Å². The maximum Gasteiger partial charge on any atom is 0.309 e. The van der Waals surface area contributed by atoms with Crippen LogP contribution in [0.25, 0.3) is 22.4 Å². The van der Waals surface area contributed by atoms with Gasteiger partial charge in [0.25, 0.3) is 11.8 Å². The van der Waals surface area contributed by atoms with Crippen LogP contribution in [0.15, 0.2) is 42.1 Å². The van der Waals surface area contributed by atoms with Gasteiger partial charge in [-0.05, 0) is 61.2 Å². The molecule has 0 saturated carbocycles. The molecule has 2 atom stereocenters. The number of carbonyl (C=O) groups excluding carboxylic acids is 2. The molecule has 1 saturated heterocycles. The van der Waals surface area contributed by atoms with E-state index in [4.69, 9.17) is 21.3 Å². The molecule has 0 bridgehead atoms. The second-order valence-corrected chi connectivity index (χ2v) is 12.3. The minimum Gasteiger partial charge on any atom is -0.481 e. The lowest BCUT2D eigenvalue weighted by atomic mass is 9.94. The van der Waals surface area contributed by atoms with Crippen molar-refractivity contribution >= 4 is 35.1 Å². The quantitative estimate of drug-likeness (QED) is 0.317. The maximum atomic E-state index is 15.6. The molecule has 0 radical (unpaired) electrons. The molecule has 246 valence electrons. The number of aliphatic carboxylic acids is 1. The van der Waals surface area contributed by atoms with E-state index in [1.165, 1.54) is 57.4 Å². The highest BCUT2D eigenvalue weighted by Crippen LogP contribution is 2.47. The number of hydrogen-bond acceptors (Lipinski definition) is 8. The molecule has 2 aliphatic heterocycles. The number of likely N-dealkylation sites (tertiary alicyclic amines) is 1. The van der Waals surface area contributed by atoms with Gasteiger partial charge in [-0.1, -0.05) is 11.6 Å². The molecule has 3 aromatic rings. The van der Waals surface area contributed by atoms with Crippen LogP contribution in [0, 0.1) is 24.5 Å². The zero-order valence-electron chi connectivity index (χ0n) is 26.0. The van der Waals surface area contributed by atoms with Crippen molar-refractivity contribution in [3.63, 3.8) is 0 Å². The molecule has 1 aliphatic carbocycles. The molecule has 2 unspecified atom stereocenters. The van der Waals surface area contributed by atoms with E-state index in [0.717, 1.165) is 28.5 Å². The number of nitrogens with zero attached hydrogens (tertiary/aromatic N) is 4. The van der Waals surface area contributed by atoms with Crippen molar-refractivity contribution in [3.05, 3.63) is 75.5 Å². The first-order valence-electron chi connectivity index (χ1n) is 14.8. The predicted octanol–water partition coefficient (Wildman–Crippen LogP) is 4.17. The van der Waals surface area contributed by atoms with Crippen molar-refractivity contribution in [1.82, 2.24) is 19.7 Å². The van der Waals surface area contributed by atoms with E-state index in [-0.39, 0.29) is 39.0 Å². The largest absolute Gasteiger partial charge is 0.481 e. The highest BCUT2D eigenvalue weighted by Gasteiger charge is 2.41. The van der Waals surface area contributed by atoms with Gasteiger partial charge in [0.2, 0.25) is 12.2 Å². The standard InChI is InChI=1S/C33H32ClF2N5O6/c1-15-22(37-29(42)19-14-39(2)33(46)40(3)31(19)43)9-8-20(35)25(15)27-21(36)7-6-18(28(27)34)23-11-16-5-10-24(26(16)30(38-23)47-4)41-12-17(13-41)32(44)45/h6-9,11,14,17,24,33,46H,5,10,12-13H2,1-4H3,(H,37,42)(H,44,45). The van der Waals surface area contributed by atoms with Crippen LogP contribution in [-0.4, -0.2) is 88.3 Å². The smallest absolute Gasteiger partial charge is 0.309 e. The maximum absolute atomic E-state index is 15.6. The Balaban J connectivity index is 1.35. The second-order valence-electron chi connectivity index (χ2n) is 11.9. The number of amides is 2. The van der Waals surface area contributed by atoms with E-state index < -0.39 is 41.7 Å². The summed E-state index contributed by atoms with van der Waals surface area (Å²) in [7, 11) is 4.32. The molecular weight excluding hydrogens is 636 g/mol. The van der Waals surface area contributed by atoms with Crippen molar-refractivity contribution < 1.29 is 38.1 Å². The van der Waals surface area contributed by atoms with Gasteiger partial charge in [-0.3, -0.25) is 24.2 Å². The lowest BCUT2D eigenvalue weighted by Gasteiger charge is -2.41. The van der Waals surface area contributed by atoms with Gasteiger partial charge in [0, 0.05) is 67.4 Å². The Labute approximate surface area is 274 Å². The molecule has 6 rings (SSSR count). The number of rotatable bonds is 7. The highest BCUT2D eigenvalue weighted by atomic mass is 35.5. The number of anilines is 1. The molecule has 2 amide bonds. The van der Waals surface area contributed by atoms with E-state index in [2.05, 4.69) is 10.2 Å². The summed E-state index contributed by atoms with van der Waals surface area (Å²) in [6.45, 7) is 2.37. The van der Waals surface area contributed by atoms with E-state index in [9.17, 15) is 24.6 Å². The summed E-state index contributed by atoms with van der Waals surface area (Å²) in [5, 5.41) is 21.9. The summed E-state index contributed by atoms with van der Waals surface area (Å²) >= 11 is 6.85. The molecule has 0 spiro atoms. The lowest BCUT2D eigenvalue weighted by Crippen LogP contribution is -2.51. The number of aromatic nitrogens is 1. The first-order valence-corrected chi connectivity index (χ1v) is 15.2. The summed E-state index contributed by atoms with van der Waals surface area (Å²) in [6, 6.07) is 6.79. The van der Waals surface area contributed by atoms with Crippen molar-refractivity contribution in [1.29, 1.82) is 0 Å². The minimum atomic E-state index is -1.25. The Morgan fingerprint density at radius 1 is 1.11 bits per heavy atom. The number of carbonyl (C=O) groups is 3. The molecule has 1 aromatic heterocycles. The third kappa shape index (κ3) is 5.47. The lowest BCUT2D eigenvalue weighted by molar-refractivity contribution is -0.150. The van der Waals surface area contributed by atoms with Crippen LogP contribution in [0.4, 0.5) is 14.5 Å². The first kappa shape index (κ1) is 32.4.